The topological polar surface area (TPSA) is 12.0 Å². The lowest BCUT2D eigenvalue weighted by Crippen LogP contribution is -2.32. The van der Waals surface area contributed by atoms with Crippen molar-refractivity contribution in [3.8, 4) is 0 Å². The van der Waals surface area contributed by atoms with Crippen LogP contribution in [0.5, 0.6) is 0 Å². The summed E-state index contributed by atoms with van der Waals surface area (Å²) in [5, 5.41) is 4.27. The summed E-state index contributed by atoms with van der Waals surface area (Å²) in [5.41, 5.74) is 1.46. The lowest BCUT2D eigenvalue weighted by atomic mass is 9.95. The van der Waals surface area contributed by atoms with Crippen molar-refractivity contribution in [2.45, 2.75) is 42.7 Å². The highest BCUT2D eigenvalue weighted by atomic mass is 32.2. The summed E-state index contributed by atoms with van der Waals surface area (Å²) in [6, 6.07) is 11.6. The zero-order chi connectivity index (χ0) is 11.2. The van der Waals surface area contributed by atoms with Crippen LogP contribution in [0.25, 0.3) is 0 Å². The van der Waals surface area contributed by atoms with Gasteiger partial charge < -0.3 is 5.32 Å². The fourth-order valence-corrected chi connectivity index (χ4v) is 3.67. The van der Waals surface area contributed by atoms with E-state index in [0.29, 0.717) is 0 Å². The van der Waals surface area contributed by atoms with Crippen LogP contribution in [0.15, 0.2) is 30.3 Å². The van der Waals surface area contributed by atoms with Gasteiger partial charge in [-0.15, -0.1) is 0 Å². The van der Waals surface area contributed by atoms with Crippen LogP contribution in [0.3, 0.4) is 0 Å². The van der Waals surface area contributed by atoms with E-state index in [4.69, 9.17) is 0 Å². The molecule has 16 heavy (non-hydrogen) atoms. The molecule has 1 saturated carbocycles. The Hall–Kier alpha value is -0.470. The predicted molar refractivity (Wildman–Crippen MR) is 72.8 cm³/mol. The van der Waals surface area contributed by atoms with E-state index in [2.05, 4.69) is 54.5 Å². The lowest BCUT2D eigenvalue weighted by molar-refractivity contribution is 0.402. The predicted octanol–water partition coefficient (Wildman–Crippen LogP) is 3.45. The first-order chi connectivity index (χ1) is 7.88. The number of rotatable bonds is 4. The van der Waals surface area contributed by atoms with Crippen LogP contribution < -0.4 is 5.32 Å². The second-order valence-corrected chi connectivity index (χ2v) is 5.86. The summed E-state index contributed by atoms with van der Waals surface area (Å²) in [7, 11) is 2.09. The molecule has 0 bridgehead atoms. The molecule has 0 heterocycles. The van der Waals surface area contributed by atoms with E-state index < -0.39 is 0 Å². The summed E-state index contributed by atoms with van der Waals surface area (Å²) in [4.78, 5) is 0. The minimum Gasteiger partial charge on any atom is -0.317 e. The van der Waals surface area contributed by atoms with Crippen molar-refractivity contribution >= 4 is 11.8 Å². The summed E-state index contributed by atoms with van der Waals surface area (Å²) in [5.74, 6) is 1.17. The molecule has 0 spiro atoms. The molecule has 1 N–H and O–H groups in total. The normalized spacial score (nSPS) is 25.6. The second-order valence-electron chi connectivity index (χ2n) is 4.57. The van der Waals surface area contributed by atoms with Crippen LogP contribution in [0.1, 0.15) is 31.2 Å². The summed E-state index contributed by atoms with van der Waals surface area (Å²) < 4.78 is 0. The molecule has 1 aromatic carbocycles. The largest absolute Gasteiger partial charge is 0.317 e. The summed E-state index contributed by atoms with van der Waals surface area (Å²) in [6.45, 7) is 0. The fraction of sp³-hybridized carbons (Fsp3) is 0.571. The first-order valence-corrected chi connectivity index (χ1v) is 7.26. The number of hydrogen-bond acceptors (Lipinski definition) is 2. The van der Waals surface area contributed by atoms with E-state index in [1.54, 1.807) is 0 Å². The van der Waals surface area contributed by atoms with E-state index in [1.807, 2.05) is 0 Å². The minimum absolute atomic E-state index is 0.752. The third-order valence-corrected chi connectivity index (χ3v) is 4.76. The van der Waals surface area contributed by atoms with Crippen molar-refractivity contribution in [2.75, 3.05) is 7.05 Å². The van der Waals surface area contributed by atoms with E-state index in [1.165, 1.54) is 37.0 Å². The van der Waals surface area contributed by atoms with Gasteiger partial charge in [0, 0.05) is 17.0 Å². The molecule has 2 unspecified atom stereocenters. The molecule has 88 valence electrons. The Morgan fingerprint density at radius 3 is 2.81 bits per heavy atom. The zero-order valence-corrected chi connectivity index (χ0v) is 10.8. The molecule has 2 heteroatoms. The highest BCUT2D eigenvalue weighted by Gasteiger charge is 2.20. The molecule has 0 saturated heterocycles. The number of hydrogen-bond donors (Lipinski definition) is 1. The smallest absolute Gasteiger partial charge is 0.0187 e. The maximum Gasteiger partial charge on any atom is 0.0187 e. The maximum atomic E-state index is 3.42. The molecule has 0 aromatic heterocycles. The van der Waals surface area contributed by atoms with E-state index >= 15 is 0 Å². The molecule has 1 aliphatic carbocycles. The minimum atomic E-state index is 0.752. The molecule has 0 aliphatic heterocycles. The Bertz CT molecular complexity index is 299. The van der Waals surface area contributed by atoms with E-state index in [9.17, 15) is 0 Å². The van der Waals surface area contributed by atoms with E-state index in [-0.39, 0.29) is 0 Å². The van der Waals surface area contributed by atoms with Gasteiger partial charge >= 0.3 is 0 Å². The first-order valence-electron chi connectivity index (χ1n) is 6.21. The SMILES string of the molecule is CNC1CCCC(SCc2ccccc2)C1. The molecular weight excluding hydrogens is 214 g/mol. The van der Waals surface area contributed by atoms with Gasteiger partial charge in [0.2, 0.25) is 0 Å². The maximum absolute atomic E-state index is 3.42. The summed E-state index contributed by atoms with van der Waals surface area (Å²) >= 11 is 2.13. The molecular formula is C14H21NS. The Balaban J connectivity index is 1.77. The van der Waals surface area contributed by atoms with Crippen molar-refractivity contribution in [1.29, 1.82) is 0 Å². The van der Waals surface area contributed by atoms with Crippen molar-refractivity contribution in [2.24, 2.45) is 0 Å². The highest BCUT2D eigenvalue weighted by Crippen LogP contribution is 2.30. The average Bonchev–Trinajstić information content (AvgIpc) is 2.38. The molecule has 1 aromatic rings. The van der Waals surface area contributed by atoms with Gasteiger partial charge in [0.1, 0.15) is 0 Å². The van der Waals surface area contributed by atoms with E-state index in [0.717, 1.165) is 11.3 Å². The monoisotopic (exact) mass is 235 g/mol. The van der Waals surface area contributed by atoms with Crippen LogP contribution in [0.4, 0.5) is 0 Å². The van der Waals surface area contributed by atoms with Gasteiger partial charge in [0.15, 0.2) is 0 Å². The first kappa shape index (κ1) is 12.0. The van der Waals surface area contributed by atoms with Gasteiger partial charge in [-0.2, -0.15) is 11.8 Å². The fourth-order valence-electron chi connectivity index (χ4n) is 2.35. The standard InChI is InChI=1S/C14H21NS/c1-15-13-8-5-9-14(10-13)16-11-12-6-3-2-4-7-12/h2-4,6-7,13-15H,5,8-11H2,1H3. The molecule has 2 atom stereocenters. The molecule has 1 aliphatic rings. The third-order valence-electron chi connectivity index (χ3n) is 3.36. The van der Waals surface area contributed by atoms with Crippen molar-refractivity contribution in [3.05, 3.63) is 35.9 Å². The van der Waals surface area contributed by atoms with Crippen LogP contribution in [-0.4, -0.2) is 18.3 Å². The van der Waals surface area contributed by atoms with Crippen molar-refractivity contribution in [3.63, 3.8) is 0 Å². The van der Waals surface area contributed by atoms with Gasteiger partial charge in [-0.3, -0.25) is 0 Å². The third kappa shape index (κ3) is 3.53. The Morgan fingerprint density at radius 2 is 2.06 bits per heavy atom. The Labute approximate surface area is 103 Å². The number of nitrogens with one attached hydrogen (secondary N) is 1. The molecule has 0 radical (unpaired) electrons. The molecule has 2 rings (SSSR count). The van der Waals surface area contributed by atoms with Crippen LogP contribution in [0, 0.1) is 0 Å². The van der Waals surface area contributed by atoms with Crippen LogP contribution in [-0.2, 0) is 5.75 Å². The second kappa shape index (κ2) is 6.31. The van der Waals surface area contributed by atoms with Crippen LogP contribution >= 0.6 is 11.8 Å². The molecule has 1 nitrogen and oxygen atoms in total. The van der Waals surface area contributed by atoms with Gasteiger partial charge in [0.05, 0.1) is 0 Å². The lowest BCUT2D eigenvalue weighted by Gasteiger charge is -2.28. The average molecular weight is 235 g/mol. The van der Waals surface area contributed by atoms with Crippen molar-refractivity contribution in [1.82, 2.24) is 5.32 Å². The summed E-state index contributed by atoms with van der Waals surface area (Å²) in [6.07, 6.45) is 5.49. The Morgan fingerprint density at radius 1 is 1.25 bits per heavy atom. The van der Waals surface area contributed by atoms with Gasteiger partial charge in [0.25, 0.3) is 0 Å². The van der Waals surface area contributed by atoms with Gasteiger partial charge in [-0.05, 0) is 31.9 Å². The van der Waals surface area contributed by atoms with Gasteiger partial charge in [-0.25, -0.2) is 0 Å². The zero-order valence-electron chi connectivity index (χ0n) is 9.99. The highest BCUT2D eigenvalue weighted by molar-refractivity contribution is 7.99. The molecule has 1 fully saturated rings. The molecule has 0 amide bonds. The number of thioether (sulfide) groups is 1. The number of benzene rings is 1. The van der Waals surface area contributed by atoms with Gasteiger partial charge in [-0.1, -0.05) is 36.8 Å². The van der Waals surface area contributed by atoms with Crippen LogP contribution in [0.2, 0.25) is 0 Å². The van der Waals surface area contributed by atoms with Crippen molar-refractivity contribution < 1.29 is 0 Å². The quantitative estimate of drug-likeness (QED) is 0.858. The Kier molecular flexibility index (Phi) is 4.73.